The number of methoxy groups -OCH3 is 2. The Labute approximate surface area is 170 Å². The Kier molecular flexibility index (Phi) is 5.81. The number of carboxylic acids is 1. The summed E-state index contributed by atoms with van der Waals surface area (Å²) in [6, 6.07) is 10.1. The first-order chi connectivity index (χ1) is 14.4. The zero-order valence-corrected chi connectivity index (χ0v) is 16.5. The van der Waals surface area contributed by atoms with E-state index in [9.17, 15) is 19.5 Å². The van der Waals surface area contributed by atoms with Crippen molar-refractivity contribution in [1.29, 1.82) is 0 Å². The van der Waals surface area contributed by atoms with E-state index in [1.54, 1.807) is 31.2 Å². The van der Waals surface area contributed by atoms with Crippen molar-refractivity contribution in [3.63, 3.8) is 0 Å². The van der Waals surface area contributed by atoms with Gasteiger partial charge in [0, 0.05) is 12.2 Å². The fraction of sp³-hybridized carbons (Fsp3) is 0.211. The van der Waals surface area contributed by atoms with E-state index in [2.05, 4.69) is 10.4 Å². The van der Waals surface area contributed by atoms with Crippen LogP contribution in [0.25, 0.3) is 5.69 Å². The molecule has 0 unspecified atom stereocenters. The topological polar surface area (TPSA) is 129 Å². The minimum Gasteiger partial charge on any atom is -0.496 e. The summed E-state index contributed by atoms with van der Waals surface area (Å²) in [5.74, 6) is -0.682. The third-order valence-electron chi connectivity index (χ3n) is 4.35. The van der Waals surface area contributed by atoms with Crippen LogP contribution in [-0.4, -0.2) is 57.7 Å². The minimum atomic E-state index is -1.21. The van der Waals surface area contributed by atoms with Crippen molar-refractivity contribution in [3.8, 4) is 17.2 Å². The van der Waals surface area contributed by atoms with Gasteiger partial charge in [-0.05, 0) is 47.7 Å². The molecule has 0 fully saturated rings. The Morgan fingerprint density at radius 2 is 1.77 bits per heavy atom. The van der Waals surface area contributed by atoms with E-state index >= 15 is 0 Å². The molecular formula is C19H19N5O6. The quantitative estimate of drug-likeness (QED) is 0.604. The van der Waals surface area contributed by atoms with Crippen LogP contribution in [0, 0.1) is 0 Å². The summed E-state index contributed by atoms with van der Waals surface area (Å²) in [7, 11) is 2.79. The van der Waals surface area contributed by atoms with Crippen molar-refractivity contribution < 1.29 is 24.2 Å². The molecule has 2 aromatic carbocycles. The van der Waals surface area contributed by atoms with Gasteiger partial charge in [-0.3, -0.25) is 4.90 Å². The zero-order chi connectivity index (χ0) is 21.8. The van der Waals surface area contributed by atoms with Gasteiger partial charge in [-0.2, -0.15) is 4.68 Å². The number of amides is 1. The van der Waals surface area contributed by atoms with Gasteiger partial charge in [-0.1, -0.05) is 12.1 Å². The van der Waals surface area contributed by atoms with E-state index in [1.165, 1.54) is 37.3 Å². The number of aromatic carboxylic acids is 1. The summed E-state index contributed by atoms with van der Waals surface area (Å²) >= 11 is 0. The Balaban J connectivity index is 2.02. The first kappa shape index (κ1) is 20.6. The van der Waals surface area contributed by atoms with Crippen LogP contribution in [0.15, 0.2) is 47.3 Å². The standard InChI is InChI=1S/C19H19N5O6/c1-4-22(12-9-10-15(29-2)13(11-12)17(25)26)18(27)24-19(28)23(20-21-24)14-7-5-6-8-16(14)30-3/h5-11H,4H2,1-3H3,(H,25,26). The van der Waals surface area contributed by atoms with Gasteiger partial charge in [0.2, 0.25) is 0 Å². The highest BCUT2D eigenvalue weighted by atomic mass is 16.5. The third kappa shape index (κ3) is 3.60. The molecule has 3 aromatic rings. The average Bonchev–Trinajstić information content (AvgIpc) is 3.14. The molecule has 0 radical (unpaired) electrons. The predicted molar refractivity (Wildman–Crippen MR) is 106 cm³/mol. The fourth-order valence-corrected chi connectivity index (χ4v) is 2.90. The molecule has 1 heterocycles. The maximum Gasteiger partial charge on any atom is 0.377 e. The SMILES string of the molecule is CCN(C(=O)n1nnn(-c2ccccc2OC)c1=O)c1ccc(OC)c(C(=O)O)c1. The molecule has 0 saturated carbocycles. The molecule has 0 aliphatic heterocycles. The number of para-hydroxylation sites is 2. The Hall–Kier alpha value is -4.15. The lowest BCUT2D eigenvalue weighted by Crippen LogP contribution is -2.41. The van der Waals surface area contributed by atoms with Crippen LogP contribution >= 0.6 is 0 Å². The molecular weight excluding hydrogens is 394 g/mol. The molecule has 3 rings (SSSR count). The number of nitrogens with zero attached hydrogens (tertiary/aromatic N) is 5. The maximum atomic E-state index is 13.0. The molecule has 0 aliphatic carbocycles. The molecule has 30 heavy (non-hydrogen) atoms. The maximum absolute atomic E-state index is 13.0. The van der Waals surface area contributed by atoms with Crippen LogP contribution in [-0.2, 0) is 0 Å². The number of carbonyl (C=O) groups excluding carboxylic acids is 1. The number of aromatic nitrogens is 4. The summed E-state index contributed by atoms with van der Waals surface area (Å²) in [4.78, 5) is 38.5. The Morgan fingerprint density at radius 3 is 2.40 bits per heavy atom. The summed E-state index contributed by atoms with van der Waals surface area (Å²) < 4.78 is 11.8. The zero-order valence-electron chi connectivity index (χ0n) is 16.5. The van der Waals surface area contributed by atoms with Gasteiger partial charge in [0.05, 0.1) is 14.2 Å². The molecule has 0 atom stereocenters. The van der Waals surface area contributed by atoms with Gasteiger partial charge in [-0.15, -0.1) is 4.68 Å². The number of rotatable bonds is 6. The molecule has 11 nitrogen and oxygen atoms in total. The number of hydrogen-bond donors (Lipinski definition) is 1. The van der Waals surface area contributed by atoms with Crippen molar-refractivity contribution >= 4 is 17.7 Å². The summed E-state index contributed by atoms with van der Waals surface area (Å²) in [5, 5.41) is 16.8. The number of hydrogen-bond acceptors (Lipinski definition) is 7. The second-order valence-corrected chi connectivity index (χ2v) is 5.97. The van der Waals surface area contributed by atoms with Crippen LogP contribution in [0.3, 0.4) is 0 Å². The number of carboxylic acid groups (broad SMARTS) is 1. The van der Waals surface area contributed by atoms with E-state index in [-0.39, 0.29) is 23.5 Å². The van der Waals surface area contributed by atoms with Gasteiger partial charge in [0.25, 0.3) is 0 Å². The number of benzene rings is 2. The first-order valence-corrected chi connectivity index (χ1v) is 8.84. The van der Waals surface area contributed by atoms with Crippen molar-refractivity contribution in [3.05, 3.63) is 58.5 Å². The fourth-order valence-electron chi connectivity index (χ4n) is 2.90. The van der Waals surface area contributed by atoms with E-state index in [1.807, 2.05) is 0 Å². The number of ether oxygens (including phenoxy) is 2. The van der Waals surface area contributed by atoms with Crippen LogP contribution < -0.4 is 20.1 Å². The predicted octanol–water partition coefficient (Wildman–Crippen LogP) is 1.64. The van der Waals surface area contributed by atoms with E-state index in [0.717, 1.165) is 4.68 Å². The van der Waals surface area contributed by atoms with E-state index in [0.29, 0.717) is 16.1 Å². The molecule has 11 heteroatoms. The average molecular weight is 413 g/mol. The smallest absolute Gasteiger partial charge is 0.377 e. The number of carbonyl (C=O) groups is 2. The van der Waals surface area contributed by atoms with Gasteiger partial charge in [-0.25, -0.2) is 14.4 Å². The summed E-state index contributed by atoms with van der Waals surface area (Å²) in [6.07, 6.45) is 0. The highest BCUT2D eigenvalue weighted by molar-refractivity contribution is 5.96. The number of tetrazole rings is 1. The monoisotopic (exact) mass is 413 g/mol. The van der Waals surface area contributed by atoms with Crippen molar-refractivity contribution in [2.75, 3.05) is 25.7 Å². The van der Waals surface area contributed by atoms with Gasteiger partial charge in [0.15, 0.2) is 0 Å². The Morgan fingerprint density at radius 1 is 1.07 bits per heavy atom. The Bertz CT molecular complexity index is 1150. The van der Waals surface area contributed by atoms with E-state index in [4.69, 9.17) is 9.47 Å². The van der Waals surface area contributed by atoms with Crippen LogP contribution in [0.2, 0.25) is 0 Å². The molecule has 1 N–H and O–H groups in total. The van der Waals surface area contributed by atoms with Crippen LogP contribution in [0.4, 0.5) is 10.5 Å². The highest BCUT2D eigenvalue weighted by Gasteiger charge is 2.24. The molecule has 156 valence electrons. The number of anilines is 1. The largest absolute Gasteiger partial charge is 0.496 e. The van der Waals surface area contributed by atoms with E-state index < -0.39 is 17.7 Å². The van der Waals surface area contributed by atoms with Crippen molar-refractivity contribution in [2.45, 2.75) is 6.92 Å². The molecule has 1 amide bonds. The second kappa shape index (κ2) is 8.47. The summed E-state index contributed by atoms with van der Waals surface area (Å²) in [6.45, 7) is 1.83. The van der Waals surface area contributed by atoms with Crippen LogP contribution in [0.5, 0.6) is 11.5 Å². The highest BCUT2D eigenvalue weighted by Crippen LogP contribution is 2.25. The lowest BCUT2D eigenvalue weighted by molar-refractivity contribution is 0.0693. The van der Waals surface area contributed by atoms with Gasteiger partial charge >= 0.3 is 17.7 Å². The third-order valence-corrected chi connectivity index (χ3v) is 4.35. The summed E-state index contributed by atoms with van der Waals surface area (Å²) in [5.41, 5.74) is -0.328. The second-order valence-electron chi connectivity index (χ2n) is 5.97. The normalized spacial score (nSPS) is 10.5. The van der Waals surface area contributed by atoms with Crippen molar-refractivity contribution in [2.24, 2.45) is 0 Å². The van der Waals surface area contributed by atoms with Crippen LogP contribution in [0.1, 0.15) is 17.3 Å². The molecule has 0 spiro atoms. The lowest BCUT2D eigenvalue weighted by Gasteiger charge is -2.20. The molecule has 0 bridgehead atoms. The molecule has 0 saturated heterocycles. The molecule has 0 aliphatic rings. The van der Waals surface area contributed by atoms with Crippen molar-refractivity contribution in [1.82, 2.24) is 19.8 Å². The lowest BCUT2D eigenvalue weighted by atomic mass is 10.1. The van der Waals surface area contributed by atoms with Gasteiger partial charge < -0.3 is 14.6 Å². The van der Waals surface area contributed by atoms with Gasteiger partial charge in [0.1, 0.15) is 22.7 Å². The molecule has 1 aromatic heterocycles. The minimum absolute atomic E-state index is 0.119. The first-order valence-electron chi connectivity index (χ1n) is 8.84.